The molecule has 0 fully saturated rings. The molecule has 0 N–H and O–H groups in total. The summed E-state index contributed by atoms with van der Waals surface area (Å²) in [6.07, 6.45) is 15.2. The van der Waals surface area contributed by atoms with Crippen molar-refractivity contribution < 1.29 is 0 Å². The molecule has 0 aliphatic heterocycles. The number of thiophene rings is 1. The molecule has 3 rings (SSSR count). The van der Waals surface area contributed by atoms with Crippen LogP contribution in [0.25, 0.3) is 24.3 Å². The van der Waals surface area contributed by atoms with Gasteiger partial charge in [-0.1, -0.05) is 58.1 Å². The van der Waals surface area contributed by atoms with E-state index in [0.717, 1.165) is 6.42 Å². The van der Waals surface area contributed by atoms with Crippen LogP contribution in [-0.4, -0.2) is 0 Å². The van der Waals surface area contributed by atoms with Crippen LogP contribution < -0.4 is 9.75 Å². The lowest BCUT2D eigenvalue weighted by atomic mass is 9.85. The molecule has 2 aliphatic carbocycles. The van der Waals surface area contributed by atoms with Gasteiger partial charge in [0.25, 0.3) is 0 Å². The van der Waals surface area contributed by atoms with Gasteiger partial charge in [-0.15, -0.1) is 11.3 Å². The van der Waals surface area contributed by atoms with Gasteiger partial charge in [-0.2, -0.15) is 0 Å². The maximum atomic E-state index is 2.45. The number of hydrogen-bond donors (Lipinski definition) is 0. The Morgan fingerprint density at radius 3 is 2.56 bits per heavy atom. The first-order chi connectivity index (χ1) is 8.36. The van der Waals surface area contributed by atoms with Crippen molar-refractivity contribution in [3.05, 3.63) is 32.3 Å². The maximum absolute atomic E-state index is 2.45. The Morgan fingerprint density at radius 2 is 1.78 bits per heavy atom. The minimum absolute atomic E-state index is 0.166. The zero-order valence-corrected chi connectivity index (χ0v) is 12.4. The minimum atomic E-state index is 0.166. The summed E-state index contributed by atoms with van der Waals surface area (Å²) in [5.74, 6) is 0. The van der Waals surface area contributed by atoms with E-state index in [-0.39, 0.29) is 5.41 Å². The van der Waals surface area contributed by atoms with Crippen LogP contribution in [0.5, 0.6) is 0 Å². The second-order valence-electron chi connectivity index (χ2n) is 6.69. The van der Waals surface area contributed by atoms with Crippen molar-refractivity contribution in [1.29, 1.82) is 0 Å². The fourth-order valence-corrected chi connectivity index (χ4v) is 3.65. The second kappa shape index (κ2) is 3.71. The van der Waals surface area contributed by atoms with Crippen LogP contribution in [0.1, 0.15) is 44.6 Å². The van der Waals surface area contributed by atoms with Crippen molar-refractivity contribution in [1.82, 2.24) is 0 Å². The molecule has 1 heterocycles. The Labute approximate surface area is 113 Å². The van der Waals surface area contributed by atoms with Gasteiger partial charge in [0.15, 0.2) is 0 Å². The van der Waals surface area contributed by atoms with Gasteiger partial charge < -0.3 is 0 Å². The van der Waals surface area contributed by atoms with Crippen LogP contribution in [0.15, 0.2) is 12.2 Å². The van der Waals surface area contributed by atoms with Crippen LogP contribution in [-0.2, 0) is 0 Å². The van der Waals surface area contributed by atoms with E-state index in [4.69, 9.17) is 0 Å². The highest BCUT2D eigenvalue weighted by atomic mass is 32.1. The van der Waals surface area contributed by atoms with E-state index in [9.17, 15) is 0 Å². The summed E-state index contributed by atoms with van der Waals surface area (Å²) < 4.78 is 1.45. The van der Waals surface area contributed by atoms with Crippen LogP contribution in [0, 0.1) is 10.8 Å². The van der Waals surface area contributed by atoms with Crippen molar-refractivity contribution in [3.63, 3.8) is 0 Å². The van der Waals surface area contributed by atoms with E-state index >= 15 is 0 Å². The first kappa shape index (κ1) is 12.0. The average Bonchev–Trinajstić information content (AvgIpc) is 2.52. The monoisotopic (exact) mass is 256 g/mol. The van der Waals surface area contributed by atoms with Crippen LogP contribution >= 0.6 is 11.3 Å². The van der Waals surface area contributed by atoms with Crippen molar-refractivity contribution in [2.45, 2.75) is 34.1 Å². The predicted molar refractivity (Wildman–Crippen MR) is 82.7 cm³/mol. The molecular formula is C17H20S. The molecule has 1 aromatic heterocycles. The van der Waals surface area contributed by atoms with Crippen molar-refractivity contribution in [2.24, 2.45) is 10.8 Å². The normalized spacial score (nSPS) is 22.4. The van der Waals surface area contributed by atoms with Crippen molar-refractivity contribution in [3.8, 4) is 0 Å². The third-order valence-corrected chi connectivity index (χ3v) is 4.92. The molecule has 0 saturated carbocycles. The highest BCUT2D eigenvalue weighted by molar-refractivity contribution is 7.11. The highest BCUT2D eigenvalue weighted by Gasteiger charge is 2.20. The summed E-state index contributed by atoms with van der Waals surface area (Å²) in [6, 6.07) is 0. The Bertz CT molecular complexity index is 663. The molecule has 0 radical (unpaired) electrons. The lowest BCUT2D eigenvalue weighted by molar-refractivity contribution is 0.535. The summed E-state index contributed by atoms with van der Waals surface area (Å²) in [5.41, 5.74) is 1.88. The third-order valence-electron chi connectivity index (χ3n) is 3.73. The van der Waals surface area contributed by atoms with E-state index in [1.54, 1.807) is 0 Å². The summed E-state index contributed by atoms with van der Waals surface area (Å²) in [7, 11) is 0. The van der Waals surface area contributed by atoms with E-state index in [1.807, 2.05) is 11.3 Å². The first-order valence-electron chi connectivity index (χ1n) is 6.61. The van der Waals surface area contributed by atoms with Gasteiger partial charge in [0.05, 0.1) is 0 Å². The number of allylic oxidation sites excluding steroid dienone is 2. The van der Waals surface area contributed by atoms with E-state index < -0.39 is 0 Å². The Hall–Kier alpha value is -1.08. The molecule has 18 heavy (non-hydrogen) atoms. The van der Waals surface area contributed by atoms with Crippen LogP contribution in [0.4, 0.5) is 0 Å². The van der Waals surface area contributed by atoms with Gasteiger partial charge >= 0.3 is 0 Å². The molecule has 0 aromatic carbocycles. The largest absolute Gasteiger partial charge is 0.136 e. The van der Waals surface area contributed by atoms with Gasteiger partial charge in [0.1, 0.15) is 0 Å². The SMILES string of the molecule is CC1(C)C=Cc2sc3c(c2C=C1)=CC(C)(C)CC=3. The zero-order chi connectivity index (χ0) is 13.0. The molecule has 94 valence electrons. The van der Waals surface area contributed by atoms with Gasteiger partial charge in [-0.25, -0.2) is 0 Å². The van der Waals surface area contributed by atoms with Gasteiger partial charge in [-0.05, 0) is 28.7 Å². The van der Waals surface area contributed by atoms with E-state index in [2.05, 4.69) is 64.2 Å². The van der Waals surface area contributed by atoms with Crippen LogP contribution in [0.3, 0.4) is 0 Å². The van der Waals surface area contributed by atoms with Gasteiger partial charge in [-0.3, -0.25) is 0 Å². The minimum Gasteiger partial charge on any atom is -0.136 e. The third kappa shape index (κ3) is 2.01. The fraction of sp³-hybridized carbons (Fsp3) is 0.412. The summed E-state index contributed by atoms with van der Waals surface area (Å²) in [5, 5.41) is 1.45. The summed E-state index contributed by atoms with van der Waals surface area (Å²) >= 11 is 1.93. The quantitative estimate of drug-likeness (QED) is 0.662. The molecular weight excluding hydrogens is 236 g/mol. The molecule has 0 saturated heterocycles. The standard InChI is InChI=1S/C17H20S/c1-16(2)8-5-12-13-11-17(3,4)10-7-15(13)18-14(12)6-9-16/h5-9,11H,10H2,1-4H3. The Kier molecular flexibility index (Phi) is 2.47. The number of hydrogen-bond acceptors (Lipinski definition) is 1. The molecule has 0 spiro atoms. The second-order valence-corrected chi connectivity index (χ2v) is 7.77. The van der Waals surface area contributed by atoms with Crippen LogP contribution in [0.2, 0.25) is 0 Å². The van der Waals surface area contributed by atoms with Crippen molar-refractivity contribution in [2.75, 3.05) is 0 Å². The Balaban J connectivity index is 2.28. The van der Waals surface area contributed by atoms with Gasteiger partial charge in [0.2, 0.25) is 0 Å². The zero-order valence-electron chi connectivity index (χ0n) is 11.6. The first-order valence-corrected chi connectivity index (χ1v) is 7.42. The molecule has 1 heteroatoms. The summed E-state index contributed by atoms with van der Waals surface area (Å²) in [6.45, 7) is 9.14. The number of rotatable bonds is 0. The Morgan fingerprint density at radius 1 is 1.06 bits per heavy atom. The summed E-state index contributed by atoms with van der Waals surface area (Å²) in [4.78, 5) is 1.41. The topological polar surface area (TPSA) is 0 Å². The van der Waals surface area contributed by atoms with E-state index in [1.165, 1.54) is 20.2 Å². The lowest BCUT2D eigenvalue weighted by Gasteiger charge is -2.20. The smallest absolute Gasteiger partial charge is 0.0352 e. The molecule has 0 bridgehead atoms. The molecule has 0 amide bonds. The highest BCUT2D eigenvalue weighted by Crippen LogP contribution is 2.30. The average molecular weight is 256 g/mol. The molecule has 0 atom stereocenters. The van der Waals surface area contributed by atoms with Gasteiger partial charge in [0, 0.05) is 14.8 Å². The molecule has 0 unspecified atom stereocenters. The maximum Gasteiger partial charge on any atom is 0.0352 e. The molecule has 1 aromatic rings. The van der Waals surface area contributed by atoms with Crippen molar-refractivity contribution >= 4 is 35.6 Å². The number of fused-ring (bicyclic) bond motifs is 3. The predicted octanol–water partition coefficient (Wildman–Crippen LogP) is 3.81. The molecule has 2 aliphatic rings. The lowest BCUT2D eigenvalue weighted by Crippen LogP contribution is -2.29. The fourth-order valence-electron chi connectivity index (χ4n) is 2.54. The van der Waals surface area contributed by atoms with E-state index in [0.29, 0.717) is 5.41 Å². The molecule has 0 nitrogen and oxygen atoms in total.